The Morgan fingerprint density at radius 1 is 0.917 bits per heavy atom. The normalized spacial score (nSPS) is 11.7. The van der Waals surface area contributed by atoms with Gasteiger partial charge in [-0.15, -0.1) is 0 Å². The number of carboxylic acids is 1. The van der Waals surface area contributed by atoms with Crippen LogP contribution in [0.4, 0.5) is 0 Å². The number of rotatable bonds is 12. The van der Waals surface area contributed by atoms with Gasteiger partial charge in [0.05, 0.1) is 0 Å². The molecule has 136 valence electrons. The monoisotopic (exact) mass is 440 g/mol. The van der Waals surface area contributed by atoms with E-state index in [0.717, 1.165) is 12.0 Å². The second-order valence-corrected chi connectivity index (χ2v) is 20.4. The van der Waals surface area contributed by atoms with Crippen LogP contribution in [0.5, 0.6) is 0 Å². The molecule has 2 nitrogen and oxygen atoms in total. The summed E-state index contributed by atoms with van der Waals surface area (Å²) in [5, 5.41) is 9.43. The van der Waals surface area contributed by atoms with E-state index in [1.807, 2.05) is 6.07 Å². The van der Waals surface area contributed by atoms with Crippen LogP contribution in [0, 0.1) is 0 Å². The van der Waals surface area contributed by atoms with Crippen LogP contribution in [0.1, 0.15) is 82.1 Å². The summed E-state index contributed by atoms with van der Waals surface area (Å²) in [6, 6.07) is 6.38. The summed E-state index contributed by atoms with van der Waals surface area (Å²) < 4.78 is 5.88. The van der Waals surface area contributed by atoms with Crippen molar-refractivity contribution in [1.82, 2.24) is 0 Å². The number of aromatic carboxylic acids is 1. The Labute approximate surface area is 152 Å². The molecule has 0 aliphatic heterocycles. The van der Waals surface area contributed by atoms with Crippen molar-refractivity contribution in [3.8, 4) is 0 Å². The predicted octanol–water partition coefficient (Wildman–Crippen LogP) is 6.00. The van der Waals surface area contributed by atoms with Gasteiger partial charge >= 0.3 is 153 Å². The van der Waals surface area contributed by atoms with Gasteiger partial charge in [-0.3, -0.25) is 0 Å². The van der Waals surface area contributed by atoms with E-state index < -0.39 is 24.3 Å². The van der Waals surface area contributed by atoms with Crippen LogP contribution in [0.3, 0.4) is 0 Å². The molecule has 1 aromatic carbocycles. The Morgan fingerprint density at radius 2 is 1.42 bits per heavy atom. The number of aryl methyl sites for hydroxylation is 1. The van der Waals surface area contributed by atoms with Crippen molar-refractivity contribution in [1.29, 1.82) is 0 Å². The number of hydrogen-bond donors (Lipinski definition) is 1. The van der Waals surface area contributed by atoms with Crippen molar-refractivity contribution in [2.45, 2.75) is 86.0 Å². The average molecular weight is 439 g/mol. The zero-order valence-electron chi connectivity index (χ0n) is 16.2. The molecule has 0 unspecified atom stereocenters. The minimum atomic E-state index is -2.43. The summed E-state index contributed by atoms with van der Waals surface area (Å²) in [7, 11) is 0. The third-order valence-corrected chi connectivity index (χ3v) is 21.0. The molecule has 0 radical (unpaired) electrons. The van der Waals surface area contributed by atoms with E-state index in [-0.39, 0.29) is 0 Å². The summed E-state index contributed by atoms with van der Waals surface area (Å²) in [5.74, 6) is -0.783. The summed E-state index contributed by atoms with van der Waals surface area (Å²) in [6.45, 7) is 8.96. The first-order valence-electron chi connectivity index (χ1n) is 9.91. The standard InChI is InChI=1S/C9H9O2.3C4H9.Sn/c1-2-7-5-3-4-6-8(7)9(10)11;3*1-3-4-2;/h4-6H,2H2,1H3,(H,10,11);3*1,3-4H2,2H3;. The molecule has 24 heavy (non-hydrogen) atoms. The molecule has 0 aliphatic rings. The Hall–Kier alpha value is -0.511. The summed E-state index contributed by atoms with van der Waals surface area (Å²) >= 11 is -2.43. The van der Waals surface area contributed by atoms with E-state index in [0.29, 0.717) is 5.56 Å². The van der Waals surface area contributed by atoms with Gasteiger partial charge in [0, 0.05) is 0 Å². The van der Waals surface area contributed by atoms with E-state index >= 15 is 0 Å². The molecule has 1 rings (SSSR count). The zero-order valence-corrected chi connectivity index (χ0v) is 19.0. The fourth-order valence-electron chi connectivity index (χ4n) is 3.78. The third kappa shape index (κ3) is 5.78. The van der Waals surface area contributed by atoms with E-state index in [9.17, 15) is 9.90 Å². The number of unbranched alkanes of at least 4 members (excludes halogenated alkanes) is 3. The molecule has 0 fully saturated rings. The van der Waals surface area contributed by atoms with Crippen molar-refractivity contribution in [3.63, 3.8) is 0 Å². The van der Waals surface area contributed by atoms with Gasteiger partial charge in [0.25, 0.3) is 0 Å². The van der Waals surface area contributed by atoms with Crippen molar-refractivity contribution in [2.75, 3.05) is 0 Å². The van der Waals surface area contributed by atoms with Gasteiger partial charge in [-0.25, -0.2) is 0 Å². The van der Waals surface area contributed by atoms with Crippen LogP contribution < -0.4 is 3.58 Å². The number of carboxylic acid groups (broad SMARTS) is 1. The minimum absolute atomic E-state index is 0.503. The van der Waals surface area contributed by atoms with E-state index in [4.69, 9.17) is 0 Å². The van der Waals surface area contributed by atoms with Gasteiger partial charge in [-0.05, 0) is 0 Å². The fourth-order valence-corrected chi connectivity index (χ4v) is 19.8. The SMILES string of the molecule is CCC[CH2][Sn]([CH2]CCC)([CH2]CCC)[c]1ccc(C(=O)O)c(CC)c1. The molecule has 0 aliphatic carbocycles. The maximum absolute atomic E-state index is 11.5. The van der Waals surface area contributed by atoms with E-state index in [1.165, 1.54) is 51.8 Å². The molecule has 0 aromatic heterocycles. The number of benzene rings is 1. The molecule has 0 bridgehead atoms. The molecule has 0 saturated heterocycles. The van der Waals surface area contributed by atoms with E-state index in [2.05, 4.69) is 39.8 Å². The molecule has 0 amide bonds. The second kappa shape index (κ2) is 11.2. The molecule has 0 spiro atoms. The first-order chi connectivity index (χ1) is 11.5. The first-order valence-corrected chi connectivity index (χ1v) is 17.4. The zero-order chi connectivity index (χ0) is 18.0. The van der Waals surface area contributed by atoms with Gasteiger partial charge in [0.15, 0.2) is 0 Å². The van der Waals surface area contributed by atoms with Gasteiger partial charge in [0.2, 0.25) is 0 Å². The fraction of sp³-hybridized carbons (Fsp3) is 0.667. The Morgan fingerprint density at radius 3 is 1.79 bits per heavy atom. The van der Waals surface area contributed by atoms with Crippen LogP contribution >= 0.6 is 0 Å². The van der Waals surface area contributed by atoms with Crippen LogP contribution in [0.2, 0.25) is 13.3 Å². The Bertz CT molecular complexity index is 489. The van der Waals surface area contributed by atoms with Crippen LogP contribution in [0.15, 0.2) is 18.2 Å². The van der Waals surface area contributed by atoms with Crippen LogP contribution in [0.25, 0.3) is 0 Å². The quantitative estimate of drug-likeness (QED) is 0.406. The summed E-state index contributed by atoms with van der Waals surface area (Å²) in [6.07, 6.45) is 8.63. The molecular weight excluding hydrogens is 403 g/mol. The maximum atomic E-state index is 11.5. The molecule has 1 N–H and O–H groups in total. The molecule has 0 atom stereocenters. The number of carbonyl (C=O) groups is 1. The van der Waals surface area contributed by atoms with Gasteiger partial charge < -0.3 is 0 Å². The van der Waals surface area contributed by atoms with Gasteiger partial charge in [-0.1, -0.05) is 0 Å². The second-order valence-electron chi connectivity index (χ2n) is 7.12. The number of hydrogen-bond acceptors (Lipinski definition) is 1. The van der Waals surface area contributed by atoms with Gasteiger partial charge in [-0.2, -0.15) is 0 Å². The van der Waals surface area contributed by atoms with Gasteiger partial charge in [0.1, 0.15) is 0 Å². The van der Waals surface area contributed by atoms with Crippen molar-refractivity contribution in [3.05, 3.63) is 29.3 Å². The molecular formula is C21H36O2Sn. The molecule has 0 saturated carbocycles. The topological polar surface area (TPSA) is 37.3 Å². The molecule has 1 aromatic rings. The Balaban J connectivity index is 3.30. The molecule has 3 heteroatoms. The Kier molecular flexibility index (Phi) is 10.0. The van der Waals surface area contributed by atoms with Crippen molar-refractivity contribution in [2.24, 2.45) is 0 Å². The van der Waals surface area contributed by atoms with Crippen LogP contribution in [-0.2, 0) is 6.42 Å². The first kappa shape index (κ1) is 21.5. The summed E-state index contributed by atoms with van der Waals surface area (Å²) in [4.78, 5) is 11.5. The van der Waals surface area contributed by atoms with Crippen molar-refractivity contribution < 1.29 is 9.90 Å². The van der Waals surface area contributed by atoms with Crippen molar-refractivity contribution >= 4 is 27.9 Å². The van der Waals surface area contributed by atoms with Crippen LogP contribution in [-0.4, -0.2) is 29.5 Å². The summed E-state index contributed by atoms with van der Waals surface area (Å²) in [5.41, 5.74) is 1.54. The predicted molar refractivity (Wildman–Crippen MR) is 107 cm³/mol. The molecule has 0 heterocycles. The third-order valence-electron chi connectivity index (χ3n) is 5.36. The average Bonchev–Trinajstić information content (AvgIpc) is 2.60. The van der Waals surface area contributed by atoms with E-state index in [1.54, 1.807) is 3.58 Å².